The van der Waals surface area contributed by atoms with Gasteiger partial charge in [0.15, 0.2) is 6.10 Å². The Labute approximate surface area is 559 Å². The van der Waals surface area contributed by atoms with E-state index in [1.165, 1.54) is 276 Å². The van der Waals surface area contributed by atoms with Gasteiger partial charge in [0.25, 0.3) is 0 Å². The molecule has 0 fully saturated rings. The van der Waals surface area contributed by atoms with Crippen molar-refractivity contribution in [1.82, 2.24) is 0 Å². The standard InChI is InChI=1S/C80H148NO8P/c1-6-8-10-12-14-16-18-20-22-24-26-28-30-32-34-36-38-39-40-41-43-45-47-49-51-53-55-57-59-61-63-65-67-69-71-73-80(83)89-78(77-88-90(84,85)87-75-74-81(3,4)5)76-86-79(82)72-70-68-66-64-62-60-58-56-54-52-50-48-46-44-42-37-35-33-31-29-27-25-23-21-19-17-15-13-11-9-7-2/h8,10,14,16,19-22,25-28,78H,6-7,9,11-13,15,17-18,23-24,29-77H2,1-5H3/p+1/b10-8-,16-14-,21-19-,22-20-,27-25-,28-26-. The number of nitrogens with zero attached hydrogens (tertiary/aromatic N) is 1. The zero-order valence-electron chi connectivity index (χ0n) is 60.1. The van der Waals surface area contributed by atoms with Crippen LogP contribution in [0.4, 0.5) is 0 Å². The molecule has 0 aliphatic rings. The Balaban J connectivity index is 3.94. The maximum absolute atomic E-state index is 12.9. The summed E-state index contributed by atoms with van der Waals surface area (Å²) in [6.07, 6.45) is 96.1. The van der Waals surface area contributed by atoms with Crippen molar-refractivity contribution in [2.24, 2.45) is 0 Å². The van der Waals surface area contributed by atoms with Gasteiger partial charge in [-0.05, 0) is 83.5 Å². The number of carbonyl (C=O) groups is 2. The van der Waals surface area contributed by atoms with E-state index in [1.807, 2.05) is 21.1 Å². The lowest BCUT2D eigenvalue weighted by molar-refractivity contribution is -0.870. The monoisotopic (exact) mass is 1280 g/mol. The lowest BCUT2D eigenvalue weighted by atomic mass is 10.0. The highest BCUT2D eigenvalue weighted by Gasteiger charge is 2.27. The Morgan fingerprint density at radius 1 is 0.356 bits per heavy atom. The van der Waals surface area contributed by atoms with Gasteiger partial charge in [0.1, 0.15) is 19.8 Å². The minimum Gasteiger partial charge on any atom is -0.462 e. The van der Waals surface area contributed by atoms with Gasteiger partial charge in [-0.15, -0.1) is 0 Å². The van der Waals surface area contributed by atoms with Crippen molar-refractivity contribution in [3.63, 3.8) is 0 Å². The Kier molecular flexibility index (Phi) is 68.8. The second-order valence-electron chi connectivity index (χ2n) is 27.4. The third kappa shape index (κ3) is 74.5. The van der Waals surface area contributed by atoms with Gasteiger partial charge in [-0.2, -0.15) is 0 Å². The van der Waals surface area contributed by atoms with Crippen LogP contribution in [0, 0.1) is 0 Å². The van der Waals surface area contributed by atoms with Crippen LogP contribution in [-0.2, 0) is 32.7 Å². The summed E-state index contributed by atoms with van der Waals surface area (Å²) in [5.41, 5.74) is 0. The van der Waals surface area contributed by atoms with Crippen molar-refractivity contribution in [1.29, 1.82) is 0 Å². The predicted molar refractivity (Wildman–Crippen MR) is 390 cm³/mol. The molecule has 526 valence electrons. The van der Waals surface area contributed by atoms with Crippen LogP contribution in [0.5, 0.6) is 0 Å². The molecule has 0 saturated carbocycles. The number of allylic oxidation sites excluding steroid dienone is 12. The van der Waals surface area contributed by atoms with Crippen molar-refractivity contribution in [3.8, 4) is 0 Å². The van der Waals surface area contributed by atoms with Gasteiger partial charge in [0, 0.05) is 12.8 Å². The number of ether oxygens (including phenoxy) is 2. The van der Waals surface area contributed by atoms with E-state index in [0.29, 0.717) is 23.9 Å². The van der Waals surface area contributed by atoms with Crippen LogP contribution in [0.3, 0.4) is 0 Å². The van der Waals surface area contributed by atoms with Gasteiger partial charge in [-0.1, -0.05) is 350 Å². The normalized spacial score (nSPS) is 13.4. The summed E-state index contributed by atoms with van der Waals surface area (Å²) in [5.74, 6) is -0.777. The van der Waals surface area contributed by atoms with Crippen molar-refractivity contribution < 1.29 is 42.1 Å². The molecule has 0 spiro atoms. The number of rotatable bonds is 72. The predicted octanol–water partition coefficient (Wildman–Crippen LogP) is 25.5. The molecule has 0 aliphatic carbocycles. The summed E-state index contributed by atoms with van der Waals surface area (Å²) in [6, 6.07) is 0. The first kappa shape index (κ1) is 87.5. The first-order chi connectivity index (χ1) is 44.0. The topological polar surface area (TPSA) is 108 Å². The summed E-state index contributed by atoms with van der Waals surface area (Å²) in [7, 11) is 1.49. The largest absolute Gasteiger partial charge is 0.472 e. The van der Waals surface area contributed by atoms with Crippen molar-refractivity contribution >= 4 is 19.8 Å². The summed E-state index contributed by atoms with van der Waals surface area (Å²) >= 11 is 0. The van der Waals surface area contributed by atoms with E-state index in [0.717, 1.165) is 64.2 Å². The smallest absolute Gasteiger partial charge is 0.462 e. The second kappa shape index (κ2) is 70.8. The molecule has 0 aromatic rings. The molecular weight excluding hydrogens is 1130 g/mol. The molecule has 0 rings (SSSR count). The van der Waals surface area contributed by atoms with E-state index in [-0.39, 0.29) is 25.6 Å². The fourth-order valence-corrected chi connectivity index (χ4v) is 12.1. The van der Waals surface area contributed by atoms with Crippen molar-refractivity contribution in [3.05, 3.63) is 72.9 Å². The van der Waals surface area contributed by atoms with Crippen LogP contribution in [0.25, 0.3) is 0 Å². The highest BCUT2D eigenvalue weighted by atomic mass is 31.2. The van der Waals surface area contributed by atoms with Gasteiger partial charge in [0.2, 0.25) is 0 Å². The number of likely N-dealkylation sites (N-methyl/N-ethyl adjacent to an activating group) is 1. The second-order valence-corrected chi connectivity index (χ2v) is 28.8. The SMILES string of the molecule is CC/C=C\C/C=C\C/C=C\C/C=C\CCCCCCCCCCCCCCCCCCCCCCCCC(=O)OC(COC(=O)CCCCCCCCCCCCCCCCCCCCC/C=C\C/C=C\CCCCCCC)COP(=O)(O)OCC[N+](C)(C)C. The molecule has 9 nitrogen and oxygen atoms in total. The number of unbranched alkanes of at least 4 members (excludes halogenated alkanes) is 46. The maximum Gasteiger partial charge on any atom is 0.472 e. The number of quaternary nitrogens is 1. The van der Waals surface area contributed by atoms with Gasteiger partial charge in [-0.25, -0.2) is 4.57 Å². The maximum atomic E-state index is 12.9. The Bertz CT molecular complexity index is 1750. The van der Waals surface area contributed by atoms with E-state index in [2.05, 4.69) is 86.8 Å². The molecule has 2 atom stereocenters. The molecule has 0 saturated heterocycles. The highest BCUT2D eigenvalue weighted by molar-refractivity contribution is 7.47. The van der Waals surface area contributed by atoms with Crippen LogP contribution in [0.15, 0.2) is 72.9 Å². The first-order valence-electron chi connectivity index (χ1n) is 38.7. The molecule has 1 N–H and O–H groups in total. The third-order valence-electron chi connectivity index (χ3n) is 17.2. The zero-order valence-corrected chi connectivity index (χ0v) is 61.0. The fraction of sp³-hybridized carbons (Fsp3) is 0.825. The van der Waals surface area contributed by atoms with Crippen LogP contribution < -0.4 is 0 Å². The quantitative estimate of drug-likeness (QED) is 0.0211. The van der Waals surface area contributed by atoms with Crippen molar-refractivity contribution in [2.75, 3.05) is 47.5 Å². The summed E-state index contributed by atoms with van der Waals surface area (Å²) in [5, 5.41) is 0. The van der Waals surface area contributed by atoms with Crippen LogP contribution in [-0.4, -0.2) is 74.9 Å². The third-order valence-corrected chi connectivity index (χ3v) is 18.2. The average Bonchev–Trinajstić information content (AvgIpc) is 3.61. The molecule has 2 unspecified atom stereocenters. The number of hydrogen-bond donors (Lipinski definition) is 1. The van der Waals surface area contributed by atoms with Gasteiger partial charge >= 0.3 is 19.8 Å². The Hall–Kier alpha value is -2.55. The number of carbonyl (C=O) groups excluding carboxylic acids is 2. The van der Waals surface area contributed by atoms with E-state index >= 15 is 0 Å². The Morgan fingerprint density at radius 2 is 0.633 bits per heavy atom. The van der Waals surface area contributed by atoms with E-state index < -0.39 is 26.5 Å². The lowest BCUT2D eigenvalue weighted by Crippen LogP contribution is -2.37. The molecule has 0 radical (unpaired) electrons. The lowest BCUT2D eigenvalue weighted by Gasteiger charge is -2.24. The Morgan fingerprint density at radius 3 is 0.944 bits per heavy atom. The zero-order chi connectivity index (χ0) is 65.5. The molecule has 0 aromatic heterocycles. The molecule has 0 amide bonds. The van der Waals surface area contributed by atoms with Gasteiger partial charge in [0.05, 0.1) is 27.7 Å². The molecule has 0 aliphatic heterocycles. The minimum atomic E-state index is -4.39. The fourth-order valence-electron chi connectivity index (χ4n) is 11.3. The van der Waals surface area contributed by atoms with E-state index in [4.69, 9.17) is 18.5 Å². The van der Waals surface area contributed by atoms with E-state index in [9.17, 15) is 19.0 Å². The summed E-state index contributed by atoms with van der Waals surface area (Å²) in [4.78, 5) is 36.0. The number of hydrogen-bond acceptors (Lipinski definition) is 7. The molecular formula is C80H149NO8P+. The molecule has 0 heterocycles. The van der Waals surface area contributed by atoms with E-state index in [1.54, 1.807) is 0 Å². The van der Waals surface area contributed by atoms with Crippen LogP contribution in [0.1, 0.15) is 373 Å². The summed E-state index contributed by atoms with van der Waals surface area (Å²) < 4.78 is 34.8. The van der Waals surface area contributed by atoms with Crippen LogP contribution >= 0.6 is 7.82 Å². The number of phosphoric ester groups is 1. The summed E-state index contributed by atoms with van der Waals surface area (Å²) in [6.45, 7) is 4.37. The van der Waals surface area contributed by atoms with Gasteiger partial charge < -0.3 is 18.9 Å². The highest BCUT2D eigenvalue weighted by Crippen LogP contribution is 2.43. The number of phosphoric acid groups is 1. The molecule has 90 heavy (non-hydrogen) atoms. The number of esters is 2. The van der Waals surface area contributed by atoms with Crippen molar-refractivity contribution in [2.45, 2.75) is 380 Å². The molecule has 0 aromatic carbocycles. The van der Waals surface area contributed by atoms with Gasteiger partial charge in [-0.3, -0.25) is 18.6 Å². The minimum absolute atomic E-state index is 0.0332. The van der Waals surface area contributed by atoms with Crippen LogP contribution in [0.2, 0.25) is 0 Å². The first-order valence-corrected chi connectivity index (χ1v) is 40.2. The average molecular weight is 1280 g/mol. The molecule has 10 heteroatoms. The molecule has 0 bridgehead atoms.